The molecule has 1 aliphatic heterocycles. The average Bonchev–Trinajstić information content (AvgIpc) is 3.05. The molecule has 21 heavy (non-hydrogen) atoms. The smallest absolute Gasteiger partial charge is 0.213 e. The summed E-state index contributed by atoms with van der Waals surface area (Å²) in [5, 5.41) is 0. The molecule has 5 heteroatoms. The Hall–Kier alpha value is -0.910. The molecule has 1 aromatic carbocycles. The third-order valence-corrected chi connectivity index (χ3v) is 6.58. The number of sulfonamides is 1. The zero-order valence-corrected chi connectivity index (χ0v) is 13.3. The van der Waals surface area contributed by atoms with Crippen LogP contribution in [-0.4, -0.2) is 37.7 Å². The minimum Gasteiger partial charge on any atom is -0.374 e. The molecule has 3 atom stereocenters. The molecule has 1 aliphatic carbocycles. The summed E-state index contributed by atoms with van der Waals surface area (Å²) in [6.45, 7) is 3.75. The molecule has 2 fully saturated rings. The lowest BCUT2D eigenvalue weighted by Crippen LogP contribution is -2.31. The van der Waals surface area contributed by atoms with Crippen LogP contribution in [0.5, 0.6) is 0 Å². The van der Waals surface area contributed by atoms with E-state index in [0.29, 0.717) is 31.5 Å². The first-order valence-electron chi connectivity index (χ1n) is 7.72. The van der Waals surface area contributed by atoms with E-state index in [1.165, 1.54) is 5.56 Å². The highest BCUT2D eigenvalue weighted by atomic mass is 32.2. The summed E-state index contributed by atoms with van der Waals surface area (Å²) in [6, 6.07) is 10.2. The molecule has 1 saturated heterocycles. The van der Waals surface area contributed by atoms with Crippen molar-refractivity contribution < 1.29 is 13.2 Å². The van der Waals surface area contributed by atoms with Gasteiger partial charge in [-0.05, 0) is 37.2 Å². The van der Waals surface area contributed by atoms with Crippen molar-refractivity contribution in [2.75, 3.05) is 18.8 Å². The fraction of sp³-hybridized carbons (Fsp3) is 0.625. The number of hydrogen-bond acceptors (Lipinski definition) is 3. The third-order valence-electron chi connectivity index (χ3n) is 4.76. The van der Waals surface area contributed by atoms with Crippen LogP contribution in [0.1, 0.15) is 25.3 Å². The Morgan fingerprint density at radius 2 is 1.76 bits per heavy atom. The van der Waals surface area contributed by atoms with Gasteiger partial charge < -0.3 is 4.74 Å². The molecule has 0 N–H and O–H groups in total. The highest BCUT2D eigenvalue weighted by Gasteiger charge is 2.44. The lowest BCUT2D eigenvalue weighted by molar-refractivity contribution is 0.0392. The van der Waals surface area contributed by atoms with E-state index in [-0.39, 0.29) is 11.9 Å². The Morgan fingerprint density at radius 1 is 1.14 bits per heavy atom. The summed E-state index contributed by atoms with van der Waals surface area (Å²) in [5.41, 5.74) is 1.20. The molecule has 2 aliphatic rings. The third kappa shape index (κ3) is 3.30. The summed E-state index contributed by atoms with van der Waals surface area (Å²) in [4.78, 5) is 0. The van der Waals surface area contributed by atoms with E-state index < -0.39 is 10.0 Å². The summed E-state index contributed by atoms with van der Waals surface area (Å²) in [7, 11) is -3.02. The van der Waals surface area contributed by atoms with Crippen molar-refractivity contribution >= 4 is 10.0 Å². The molecule has 116 valence electrons. The van der Waals surface area contributed by atoms with Crippen molar-refractivity contribution in [3.8, 4) is 0 Å². The van der Waals surface area contributed by atoms with Gasteiger partial charge in [0, 0.05) is 13.1 Å². The minimum absolute atomic E-state index is 0.209. The van der Waals surface area contributed by atoms with Crippen molar-refractivity contribution in [2.24, 2.45) is 11.8 Å². The van der Waals surface area contributed by atoms with Crippen molar-refractivity contribution in [1.82, 2.24) is 4.31 Å². The molecule has 1 saturated carbocycles. The molecule has 1 heterocycles. The zero-order chi connectivity index (χ0) is 14.9. The fourth-order valence-corrected chi connectivity index (χ4v) is 4.74. The normalized spacial score (nSPS) is 29.7. The predicted molar refractivity (Wildman–Crippen MR) is 82.3 cm³/mol. The molecule has 0 amide bonds. The van der Waals surface area contributed by atoms with Gasteiger partial charge in [0.2, 0.25) is 10.0 Å². The number of fused-ring (bicyclic) bond motifs is 1. The molecular formula is C16H23NO3S. The predicted octanol–water partition coefficient (Wildman–Crippen LogP) is 2.26. The van der Waals surface area contributed by atoms with E-state index in [4.69, 9.17) is 4.74 Å². The van der Waals surface area contributed by atoms with Crippen molar-refractivity contribution in [2.45, 2.75) is 32.5 Å². The maximum atomic E-state index is 11.9. The summed E-state index contributed by atoms with van der Waals surface area (Å²) >= 11 is 0. The maximum Gasteiger partial charge on any atom is 0.213 e. The van der Waals surface area contributed by atoms with Crippen LogP contribution >= 0.6 is 0 Å². The SMILES string of the molecule is CCS(=O)(=O)N1C[C@H]2CC(OCc3ccccc3)C[C@H]2C1. The molecule has 0 aromatic heterocycles. The first-order valence-corrected chi connectivity index (χ1v) is 9.32. The maximum absolute atomic E-state index is 11.9. The van der Waals surface area contributed by atoms with Crippen molar-refractivity contribution in [3.05, 3.63) is 35.9 Å². The first-order chi connectivity index (χ1) is 10.1. The Bertz CT molecular complexity index is 558. The quantitative estimate of drug-likeness (QED) is 0.838. The highest BCUT2D eigenvalue weighted by Crippen LogP contribution is 2.40. The standard InChI is InChI=1S/C16H23NO3S/c1-2-21(18,19)17-10-14-8-16(9-15(14)11-17)20-12-13-6-4-3-5-7-13/h3-7,14-16H,2,8-12H2,1H3/t14-,15+,16?. The number of rotatable bonds is 5. The number of ether oxygens (including phenoxy) is 1. The van der Waals surface area contributed by atoms with E-state index in [9.17, 15) is 8.42 Å². The van der Waals surface area contributed by atoms with Crippen molar-refractivity contribution in [3.63, 3.8) is 0 Å². The van der Waals surface area contributed by atoms with Crippen LogP contribution in [0.2, 0.25) is 0 Å². The van der Waals surface area contributed by atoms with Crippen LogP contribution in [0.25, 0.3) is 0 Å². The second kappa shape index (κ2) is 6.07. The molecule has 1 unspecified atom stereocenters. The average molecular weight is 309 g/mol. The molecule has 0 spiro atoms. The van der Waals surface area contributed by atoms with Gasteiger partial charge in [-0.15, -0.1) is 0 Å². The van der Waals surface area contributed by atoms with Gasteiger partial charge in [0.25, 0.3) is 0 Å². The van der Waals surface area contributed by atoms with Crippen LogP contribution in [0, 0.1) is 11.8 Å². The largest absolute Gasteiger partial charge is 0.374 e. The molecule has 0 bridgehead atoms. The Kier molecular flexibility index (Phi) is 4.33. The van der Waals surface area contributed by atoms with Gasteiger partial charge in [-0.2, -0.15) is 0 Å². The molecule has 1 aromatic rings. The van der Waals surface area contributed by atoms with Gasteiger partial charge in [-0.25, -0.2) is 12.7 Å². The Balaban J connectivity index is 1.51. The Morgan fingerprint density at radius 3 is 2.33 bits per heavy atom. The van der Waals surface area contributed by atoms with E-state index in [1.807, 2.05) is 18.2 Å². The van der Waals surface area contributed by atoms with E-state index in [1.54, 1.807) is 11.2 Å². The van der Waals surface area contributed by atoms with E-state index in [0.717, 1.165) is 12.8 Å². The summed E-state index contributed by atoms with van der Waals surface area (Å²) < 4.78 is 31.5. The van der Waals surface area contributed by atoms with Gasteiger partial charge in [0.05, 0.1) is 18.5 Å². The molecule has 0 radical (unpaired) electrons. The molecule has 3 rings (SSSR count). The van der Waals surface area contributed by atoms with Crippen LogP contribution in [0.15, 0.2) is 30.3 Å². The second-order valence-corrected chi connectivity index (χ2v) is 8.39. The number of nitrogens with zero attached hydrogens (tertiary/aromatic N) is 1. The van der Waals surface area contributed by atoms with E-state index >= 15 is 0 Å². The van der Waals surface area contributed by atoms with Gasteiger partial charge in [0.1, 0.15) is 0 Å². The zero-order valence-electron chi connectivity index (χ0n) is 12.4. The topological polar surface area (TPSA) is 46.6 Å². The lowest BCUT2D eigenvalue weighted by Gasteiger charge is -2.18. The summed E-state index contributed by atoms with van der Waals surface area (Å²) in [6.07, 6.45) is 2.27. The van der Waals surface area contributed by atoms with Crippen LogP contribution < -0.4 is 0 Å². The Labute approximate surface area is 127 Å². The first kappa shape index (κ1) is 15.0. The van der Waals surface area contributed by atoms with Crippen LogP contribution in [-0.2, 0) is 21.4 Å². The second-order valence-electron chi connectivity index (χ2n) is 6.13. The van der Waals surface area contributed by atoms with Gasteiger partial charge in [0.15, 0.2) is 0 Å². The monoisotopic (exact) mass is 309 g/mol. The van der Waals surface area contributed by atoms with Crippen molar-refractivity contribution in [1.29, 1.82) is 0 Å². The number of hydrogen-bond donors (Lipinski definition) is 0. The fourth-order valence-electron chi connectivity index (χ4n) is 3.54. The lowest BCUT2D eigenvalue weighted by atomic mass is 10.0. The van der Waals surface area contributed by atoms with E-state index in [2.05, 4.69) is 12.1 Å². The van der Waals surface area contributed by atoms with Gasteiger partial charge in [-0.3, -0.25) is 0 Å². The highest BCUT2D eigenvalue weighted by molar-refractivity contribution is 7.89. The number of benzene rings is 1. The molecule has 4 nitrogen and oxygen atoms in total. The minimum atomic E-state index is -3.02. The van der Waals surface area contributed by atoms with Crippen LogP contribution in [0.3, 0.4) is 0 Å². The van der Waals surface area contributed by atoms with Gasteiger partial charge >= 0.3 is 0 Å². The van der Waals surface area contributed by atoms with Gasteiger partial charge in [-0.1, -0.05) is 30.3 Å². The molecular weight excluding hydrogens is 286 g/mol. The van der Waals surface area contributed by atoms with Crippen LogP contribution in [0.4, 0.5) is 0 Å². The summed E-state index contributed by atoms with van der Waals surface area (Å²) in [5.74, 6) is 1.17.